The van der Waals surface area contributed by atoms with Crippen molar-refractivity contribution in [3.05, 3.63) is 18.2 Å². The molecule has 3 nitrogen and oxygen atoms in total. The lowest BCUT2D eigenvalue weighted by Gasteiger charge is -2.37. The summed E-state index contributed by atoms with van der Waals surface area (Å²) in [4.78, 5) is 6.98. The second kappa shape index (κ2) is 6.41. The van der Waals surface area contributed by atoms with Crippen molar-refractivity contribution in [2.24, 2.45) is 7.05 Å². The number of aromatic nitrogens is 2. The van der Waals surface area contributed by atoms with Crippen molar-refractivity contribution in [2.45, 2.75) is 38.1 Å². The van der Waals surface area contributed by atoms with Crippen molar-refractivity contribution in [3.63, 3.8) is 0 Å². The van der Waals surface area contributed by atoms with Crippen molar-refractivity contribution in [2.75, 3.05) is 19.0 Å². The molecule has 0 spiro atoms. The monoisotopic (exact) mass is 255 g/mol. The number of rotatable bonds is 7. The molecular weight excluding hydrogens is 234 g/mol. The molecule has 0 N–H and O–H groups in total. The van der Waals surface area contributed by atoms with Gasteiger partial charge in [0.2, 0.25) is 0 Å². The number of nitrogens with zero attached hydrogens (tertiary/aromatic N) is 3. The van der Waals surface area contributed by atoms with Crippen LogP contribution in [0.25, 0.3) is 0 Å². The van der Waals surface area contributed by atoms with Crippen molar-refractivity contribution < 1.29 is 0 Å². The lowest BCUT2D eigenvalue weighted by atomic mass is 9.91. The van der Waals surface area contributed by atoms with E-state index >= 15 is 0 Å². The number of imidazole rings is 1. The summed E-state index contributed by atoms with van der Waals surface area (Å²) < 4.78 is 2.11. The molecule has 1 aliphatic rings. The maximum atomic E-state index is 5.79. The molecule has 1 fully saturated rings. The molecule has 96 valence electrons. The Morgan fingerprint density at radius 1 is 1.47 bits per heavy atom. The van der Waals surface area contributed by atoms with Crippen LogP contribution in [0.15, 0.2) is 12.4 Å². The first-order valence-electron chi connectivity index (χ1n) is 6.57. The quantitative estimate of drug-likeness (QED) is 0.698. The van der Waals surface area contributed by atoms with Crippen LogP contribution in [0, 0.1) is 0 Å². The molecule has 1 aromatic rings. The number of aryl methyl sites for hydroxylation is 1. The third kappa shape index (κ3) is 3.46. The number of halogens is 1. The Labute approximate surface area is 109 Å². The summed E-state index contributed by atoms with van der Waals surface area (Å²) in [6.45, 7) is 2.25. The lowest BCUT2D eigenvalue weighted by molar-refractivity contribution is 0.128. The zero-order valence-electron chi connectivity index (χ0n) is 10.6. The van der Waals surface area contributed by atoms with E-state index in [1.807, 2.05) is 12.4 Å². The maximum Gasteiger partial charge on any atom is 0.109 e. The first-order chi connectivity index (χ1) is 8.31. The molecule has 0 aromatic carbocycles. The summed E-state index contributed by atoms with van der Waals surface area (Å²) in [5.41, 5.74) is 0. The van der Waals surface area contributed by atoms with Gasteiger partial charge in [0.15, 0.2) is 0 Å². The van der Waals surface area contributed by atoms with Gasteiger partial charge in [-0.05, 0) is 25.8 Å². The molecular formula is C13H22ClN3. The van der Waals surface area contributed by atoms with Crippen LogP contribution in [-0.4, -0.2) is 39.5 Å². The zero-order valence-corrected chi connectivity index (χ0v) is 11.4. The maximum absolute atomic E-state index is 5.79. The van der Waals surface area contributed by atoms with E-state index in [0.717, 1.165) is 37.9 Å². The molecule has 0 unspecified atom stereocenters. The van der Waals surface area contributed by atoms with Gasteiger partial charge in [-0.1, -0.05) is 6.42 Å². The van der Waals surface area contributed by atoms with E-state index in [-0.39, 0.29) is 0 Å². The van der Waals surface area contributed by atoms with E-state index in [4.69, 9.17) is 11.6 Å². The van der Waals surface area contributed by atoms with Gasteiger partial charge < -0.3 is 4.57 Å². The minimum absolute atomic E-state index is 0.769. The molecule has 4 heteroatoms. The highest BCUT2D eigenvalue weighted by molar-refractivity contribution is 6.17. The van der Waals surface area contributed by atoms with Crippen LogP contribution < -0.4 is 0 Å². The molecule has 0 aliphatic heterocycles. The van der Waals surface area contributed by atoms with E-state index in [1.165, 1.54) is 25.1 Å². The largest absolute Gasteiger partial charge is 0.338 e. The first-order valence-corrected chi connectivity index (χ1v) is 7.11. The highest BCUT2D eigenvalue weighted by atomic mass is 35.5. The molecule has 0 radical (unpaired) electrons. The standard InChI is InChI=1S/C13H22ClN3/c1-16-11-8-15-13(16)6-10-17(9-3-7-14)12-4-2-5-12/h8,11-12H,2-7,9-10H2,1H3. The average Bonchev–Trinajstić information content (AvgIpc) is 2.65. The molecule has 1 heterocycles. The Kier molecular flexibility index (Phi) is 4.86. The Balaban J connectivity index is 1.82. The Morgan fingerprint density at radius 2 is 2.29 bits per heavy atom. The van der Waals surface area contributed by atoms with Gasteiger partial charge in [-0.25, -0.2) is 4.98 Å². The van der Waals surface area contributed by atoms with Crippen LogP contribution >= 0.6 is 11.6 Å². The molecule has 0 bridgehead atoms. The molecule has 2 rings (SSSR count). The molecule has 0 saturated heterocycles. The third-order valence-corrected chi connectivity index (χ3v) is 3.98. The van der Waals surface area contributed by atoms with Gasteiger partial charge in [0.25, 0.3) is 0 Å². The zero-order chi connectivity index (χ0) is 12.1. The fourth-order valence-corrected chi connectivity index (χ4v) is 2.49. The highest BCUT2D eigenvalue weighted by Crippen LogP contribution is 2.25. The SMILES string of the molecule is Cn1ccnc1CCN(CCCCl)C1CCC1. The third-order valence-electron chi connectivity index (χ3n) is 3.71. The summed E-state index contributed by atoms with van der Waals surface area (Å²) in [7, 11) is 2.06. The van der Waals surface area contributed by atoms with E-state index in [1.54, 1.807) is 0 Å². The molecule has 0 amide bonds. The van der Waals surface area contributed by atoms with Gasteiger partial charge in [0.1, 0.15) is 5.82 Å². The van der Waals surface area contributed by atoms with Crippen LogP contribution in [0.5, 0.6) is 0 Å². The fraction of sp³-hybridized carbons (Fsp3) is 0.769. The topological polar surface area (TPSA) is 21.1 Å². The summed E-state index contributed by atoms with van der Waals surface area (Å²) >= 11 is 5.79. The van der Waals surface area contributed by atoms with Crippen molar-refractivity contribution in [1.29, 1.82) is 0 Å². The number of hydrogen-bond donors (Lipinski definition) is 0. The van der Waals surface area contributed by atoms with Gasteiger partial charge in [-0.3, -0.25) is 4.90 Å². The number of hydrogen-bond acceptors (Lipinski definition) is 2. The minimum Gasteiger partial charge on any atom is -0.338 e. The van der Waals surface area contributed by atoms with E-state index in [9.17, 15) is 0 Å². The van der Waals surface area contributed by atoms with Crippen LogP contribution in [0.2, 0.25) is 0 Å². The summed E-state index contributed by atoms with van der Waals surface area (Å²) in [6.07, 6.45) is 10.2. The number of alkyl halides is 1. The van der Waals surface area contributed by atoms with Crippen LogP contribution in [0.4, 0.5) is 0 Å². The predicted molar refractivity (Wildman–Crippen MR) is 71.5 cm³/mol. The first kappa shape index (κ1) is 12.9. The Morgan fingerprint density at radius 3 is 2.82 bits per heavy atom. The highest BCUT2D eigenvalue weighted by Gasteiger charge is 2.24. The van der Waals surface area contributed by atoms with Gasteiger partial charge in [0, 0.05) is 44.3 Å². The normalized spacial score (nSPS) is 16.4. The molecule has 17 heavy (non-hydrogen) atoms. The van der Waals surface area contributed by atoms with E-state index < -0.39 is 0 Å². The molecule has 0 atom stereocenters. The predicted octanol–water partition coefficient (Wildman–Crippen LogP) is 2.45. The van der Waals surface area contributed by atoms with E-state index in [2.05, 4.69) is 21.5 Å². The summed E-state index contributed by atoms with van der Waals surface area (Å²) in [6, 6.07) is 0.804. The lowest BCUT2D eigenvalue weighted by Crippen LogP contribution is -2.42. The van der Waals surface area contributed by atoms with Crippen LogP contribution in [-0.2, 0) is 13.5 Å². The Hall–Kier alpha value is -0.540. The van der Waals surface area contributed by atoms with Gasteiger partial charge >= 0.3 is 0 Å². The van der Waals surface area contributed by atoms with Gasteiger partial charge in [-0.2, -0.15) is 0 Å². The second-order valence-corrected chi connectivity index (χ2v) is 5.25. The molecule has 1 saturated carbocycles. The van der Waals surface area contributed by atoms with Crippen molar-refractivity contribution in [1.82, 2.24) is 14.5 Å². The summed E-state index contributed by atoms with van der Waals surface area (Å²) in [5, 5.41) is 0. The van der Waals surface area contributed by atoms with Gasteiger partial charge in [0.05, 0.1) is 0 Å². The van der Waals surface area contributed by atoms with E-state index in [0.29, 0.717) is 0 Å². The second-order valence-electron chi connectivity index (χ2n) is 4.87. The van der Waals surface area contributed by atoms with Crippen LogP contribution in [0.3, 0.4) is 0 Å². The summed E-state index contributed by atoms with van der Waals surface area (Å²) in [5.74, 6) is 1.95. The van der Waals surface area contributed by atoms with Crippen molar-refractivity contribution >= 4 is 11.6 Å². The fourth-order valence-electron chi connectivity index (χ4n) is 2.37. The van der Waals surface area contributed by atoms with Crippen LogP contribution in [0.1, 0.15) is 31.5 Å². The smallest absolute Gasteiger partial charge is 0.109 e. The Bertz CT molecular complexity index is 333. The average molecular weight is 256 g/mol. The molecule has 1 aromatic heterocycles. The molecule has 1 aliphatic carbocycles. The van der Waals surface area contributed by atoms with Crippen molar-refractivity contribution in [3.8, 4) is 0 Å². The minimum atomic E-state index is 0.769. The van der Waals surface area contributed by atoms with Gasteiger partial charge in [-0.15, -0.1) is 11.6 Å².